The highest BCUT2D eigenvalue weighted by molar-refractivity contribution is 5.92. The number of aryl methyl sites for hydroxylation is 1. The molecule has 2 rings (SSSR count). The number of nitrogens with zero attached hydrogens (tertiary/aromatic N) is 1. The van der Waals surface area contributed by atoms with Crippen molar-refractivity contribution in [2.24, 2.45) is 0 Å². The van der Waals surface area contributed by atoms with Crippen molar-refractivity contribution >= 4 is 11.6 Å². The van der Waals surface area contributed by atoms with Crippen LogP contribution < -0.4 is 10.6 Å². The van der Waals surface area contributed by atoms with Crippen LogP contribution in [0.4, 0.5) is 10.1 Å². The van der Waals surface area contributed by atoms with Gasteiger partial charge >= 0.3 is 0 Å². The van der Waals surface area contributed by atoms with Crippen molar-refractivity contribution < 1.29 is 9.18 Å². The molecule has 1 amide bonds. The number of halogens is 1. The SMILES string of the molecule is Cc1ccc(F)c(NC(=O)CNCc2cccnc2)c1. The summed E-state index contributed by atoms with van der Waals surface area (Å²) in [5.74, 6) is -0.713. The van der Waals surface area contributed by atoms with Crippen LogP contribution in [-0.4, -0.2) is 17.4 Å². The zero-order valence-corrected chi connectivity index (χ0v) is 11.2. The van der Waals surface area contributed by atoms with Gasteiger partial charge in [0.1, 0.15) is 5.82 Å². The third kappa shape index (κ3) is 4.13. The van der Waals surface area contributed by atoms with Crippen LogP contribution in [0.5, 0.6) is 0 Å². The van der Waals surface area contributed by atoms with Crippen LogP contribution in [0.15, 0.2) is 42.7 Å². The van der Waals surface area contributed by atoms with Gasteiger partial charge in [-0.05, 0) is 36.2 Å². The first-order chi connectivity index (χ1) is 9.65. The van der Waals surface area contributed by atoms with Crippen LogP contribution in [0, 0.1) is 12.7 Å². The topological polar surface area (TPSA) is 54.0 Å². The van der Waals surface area contributed by atoms with E-state index >= 15 is 0 Å². The Balaban J connectivity index is 1.82. The monoisotopic (exact) mass is 273 g/mol. The molecule has 0 saturated heterocycles. The van der Waals surface area contributed by atoms with Gasteiger partial charge in [0.25, 0.3) is 0 Å². The highest BCUT2D eigenvalue weighted by Gasteiger charge is 2.06. The van der Waals surface area contributed by atoms with Gasteiger partial charge in [0.05, 0.1) is 12.2 Å². The Morgan fingerprint density at radius 2 is 2.20 bits per heavy atom. The van der Waals surface area contributed by atoms with E-state index in [1.54, 1.807) is 24.5 Å². The van der Waals surface area contributed by atoms with E-state index in [1.807, 2.05) is 19.1 Å². The molecule has 0 aliphatic carbocycles. The van der Waals surface area contributed by atoms with E-state index in [9.17, 15) is 9.18 Å². The summed E-state index contributed by atoms with van der Waals surface area (Å²) in [7, 11) is 0. The van der Waals surface area contributed by atoms with Crippen molar-refractivity contribution in [3.05, 3.63) is 59.7 Å². The molecule has 1 aromatic heterocycles. The lowest BCUT2D eigenvalue weighted by Gasteiger charge is -2.08. The van der Waals surface area contributed by atoms with Gasteiger partial charge in [-0.1, -0.05) is 12.1 Å². The first-order valence-electron chi connectivity index (χ1n) is 6.31. The molecular weight excluding hydrogens is 257 g/mol. The van der Waals surface area contributed by atoms with Crippen molar-refractivity contribution in [1.29, 1.82) is 0 Å². The molecule has 0 atom stereocenters. The Kier molecular flexibility index (Phi) is 4.79. The van der Waals surface area contributed by atoms with Gasteiger partial charge in [-0.25, -0.2) is 4.39 Å². The van der Waals surface area contributed by atoms with Crippen molar-refractivity contribution in [3.8, 4) is 0 Å². The van der Waals surface area contributed by atoms with Crippen molar-refractivity contribution in [2.45, 2.75) is 13.5 Å². The van der Waals surface area contributed by atoms with Crippen molar-refractivity contribution in [3.63, 3.8) is 0 Å². The molecule has 1 heterocycles. The number of aromatic nitrogens is 1. The van der Waals surface area contributed by atoms with Crippen LogP contribution in [0.1, 0.15) is 11.1 Å². The summed E-state index contributed by atoms with van der Waals surface area (Å²) in [6.45, 7) is 2.50. The van der Waals surface area contributed by atoms with Crippen LogP contribution in [0.25, 0.3) is 0 Å². The second kappa shape index (κ2) is 6.77. The van der Waals surface area contributed by atoms with Crippen LogP contribution in [0.2, 0.25) is 0 Å². The molecule has 0 fully saturated rings. The molecule has 20 heavy (non-hydrogen) atoms. The van der Waals surface area contributed by atoms with Gasteiger partial charge in [-0.2, -0.15) is 0 Å². The standard InChI is InChI=1S/C15H16FN3O/c1-11-4-5-13(16)14(7-11)19-15(20)10-18-9-12-3-2-6-17-8-12/h2-8,18H,9-10H2,1H3,(H,19,20). The minimum absolute atomic E-state index is 0.113. The summed E-state index contributed by atoms with van der Waals surface area (Å²) in [5.41, 5.74) is 2.09. The van der Waals surface area contributed by atoms with Crippen LogP contribution in [0.3, 0.4) is 0 Å². The number of carbonyl (C=O) groups is 1. The molecule has 5 heteroatoms. The molecular formula is C15H16FN3O. The molecule has 0 radical (unpaired) electrons. The molecule has 2 N–H and O–H groups in total. The second-order valence-corrected chi connectivity index (χ2v) is 4.50. The summed E-state index contributed by atoms with van der Waals surface area (Å²) in [5, 5.41) is 5.53. The summed E-state index contributed by atoms with van der Waals surface area (Å²) in [6, 6.07) is 8.35. The Morgan fingerprint density at radius 1 is 1.35 bits per heavy atom. The number of hydrogen-bond acceptors (Lipinski definition) is 3. The maximum atomic E-state index is 13.5. The Bertz CT molecular complexity index is 587. The Morgan fingerprint density at radius 3 is 2.95 bits per heavy atom. The number of benzene rings is 1. The Hall–Kier alpha value is -2.27. The molecule has 0 bridgehead atoms. The molecule has 0 unspecified atom stereocenters. The van der Waals surface area contributed by atoms with Gasteiger partial charge in [0.2, 0.25) is 5.91 Å². The minimum Gasteiger partial charge on any atom is -0.322 e. The number of carbonyl (C=O) groups excluding carboxylic acids is 1. The smallest absolute Gasteiger partial charge is 0.238 e. The fourth-order valence-corrected chi connectivity index (χ4v) is 1.75. The average molecular weight is 273 g/mol. The fourth-order valence-electron chi connectivity index (χ4n) is 1.75. The second-order valence-electron chi connectivity index (χ2n) is 4.50. The van der Waals surface area contributed by atoms with Gasteiger partial charge in [0.15, 0.2) is 0 Å². The van der Waals surface area contributed by atoms with Crippen LogP contribution >= 0.6 is 0 Å². The van der Waals surface area contributed by atoms with E-state index in [-0.39, 0.29) is 18.1 Å². The number of pyridine rings is 1. The van der Waals surface area contributed by atoms with E-state index < -0.39 is 5.82 Å². The van der Waals surface area contributed by atoms with Gasteiger partial charge in [-0.15, -0.1) is 0 Å². The van der Waals surface area contributed by atoms with E-state index in [4.69, 9.17) is 0 Å². The number of hydrogen-bond donors (Lipinski definition) is 2. The third-order valence-electron chi connectivity index (χ3n) is 2.73. The highest BCUT2D eigenvalue weighted by atomic mass is 19.1. The maximum absolute atomic E-state index is 13.5. The molecule has 0 aliphatic heterocycles. The number of amides is 1. The highest BCUT2D eigenvalue weighted by Crippen LogP contribution is 2.15. The first kappa shape index (κ1) is 14.1. The van der Waals surface area contributed by atoms with E-state index in [0.29, 0.717) is 6.54 Å². The zero-order valence-electron chi connectivity index (χ0n) is 11.2. The van der Waals surface area contributed by atoms with Gasteiger partial charge in [-0.3, -0.25) is 9.78 Å². The zero-order chi connectivity index (χ0) is 14.4. The van der Waals surface area contributed by atoms with E-state index in [2.05, 4.69) is 15.6 Å². The van der Waals surface area contributed by atoms with Gasteiger partial charge in [0, 0.05) is 18.9 Å². The van der Waals surface area contributed by atoms with E-state index in [1.165, 1.54) is 6.07 Å². The lowest BCUT2D eigenvalue weighted by atomic mass is 10.2. The Labute approximate surface area is 117 Å². The molecule has 4 nitrogen and oxygen atoms in total. The molecule has 0 spiro atoms. The summed E-state index contributed by atoms with van der Waals surface area (Å²) in [4.78, 5) is 15.7. The predicted octanol–water partition coefficient (Wildman–Crippen LogP) is 2.26. The lowest BCUT2D eigenvalue weighted by molar-refractivity contribution is -0.115. The minimum atomic E-state index is -0.434. The molecule has 0 aliphatic rings. The fraction of sp³-hybridized carbons (Fsp3) is 0.200. The van der Waals surface area contributed by atoms with Crippen molar-refractivity contribution in [2.75, 3.05) is 11.9 Å². The summed E-state index contributed by atoms with van der Waals surface area (Å²) in [6.07, 6.45) is 3.42. The normalized spacial score (nSPS) is 10.3. The van der Waals surface area contributed by atoms with Crippen LogP contribution in [-0.2, 0) is 11.3 Å². The summed E-state index contributed by atoms with van der Waals surface area (Å²) < 4.78 is 13.5. The van der Waals surface area contributed by atoms with E-state index in [0.717, 1.165) is 11.1 Å². The predicted molar refractivity (Wildman–Crippen MR) is 75.7 cm³/mol. The molecule has 104 valence electrons. The number of anilines is 1. The molecule has 2 aromatic rings. The quantitative estimate of drug-likeness (QED) is 0.878. The van der Waals surface area contributed by atoms with Crippen molar-refractivity contribution in [1.82, 2.24) is 10.3 Å². The molecule has 0 saturated carbocycles. The molecule has 1 aromatic carbocycles. The first-order valence-corrected chi connectivity index (χ1v) is 6.31. The number of rotatable bonds is 5. The summed E-state index contributed by atoms with van der Waals surface area (Å²) >= 11 is 0. The lowest BCUT2D eigenvalue weighted by Crippen LogP contribution is -2.28. The van der Waals surface area contributed by atoms with Gasteiger partial charge < -0.3 is 10.6 Å². The third-order valence-corrected chi connectivity index (χ3v) is 2.73. The maximum Gasteiger partial charge on any atom is 0.238 e. The average Bonchev–Trinajstić information content (AvgIpc) is 2.44. The number of nitrogens with one attached hydrogen (secondary N) is 2. The largest absolute Gasteiger partial charge is 0.322 e.